The number of nitrogens with zero attached hydrogens (tertiary/aromatic N) is 5. The minimum Gasteiger partial charge on any atom is -0.494 e. The number of morpholine rings is 2. The van der Waals surface area contributed by atoms with Gasteiger partial charge in [-0.25, -0.2) is 10.3 Å². The number of hydrogen-bond donors (Lipinski definition) is 10. The third kappa shape index (κ3) is 21.9. The van der Waals surface area contributed by atoms with Crippen LogP contribution in [0, 0.1) is 0 Å². The molecule has 2 aromatic heterocycles. The van der Waals surface area contributed by atoms with Crippen LogP contribution in [0.1, 0.15) is 28.8 Å². The summed E-state index contributed by atoms with van der Waals surface area (Å²) in [6.45, 7) is 9.62. The minimum absolute atomic E-state index is 0.0766. The molecular formula is C52H71N14O12S+3. The van der Waals surface area contributed by atoms with Crippen LogP contribution in [0.3, 0.4) is 0 Å². The maximum Gasteiger partial charge on any atom is 0.499 e. The first-order valence-corrected chi connectivity index (χ1v) is 26.9. The van der Waals surface area contributed by atoms with Crippen LogP contribution in [0.4, 0.5) is 22.7 Å². The first-order chi connectivity index (χ1) is 38.5. The Hall–Kier alpha value is -7.79. The molecule has 0 unspecified atom stereocenters. The molecular weight excluding hydrogens is 1040 g/mol. The van der Waals surface area contributed by atoms with Crippen molar-refractivity contribution in [3.8, 4) is 11.5 Å². The van der Waals surface area contributed by atoms with Crippen molar-refractivity contribution in [1.29, 1.82) is 0 Å². The third-order valence-corrected chi connectivity index (χ3v) is 12.8. The van der Waals surface area contributed by atoms with E-state index in [0.29, 0.717) is 105 Å². The standard InChI is InChI=1S/C52H68N14O12S/c1-74-44-31-40(9-11-42(44)59-61-51(72)49(70)53-13-5-19-63-21-25-76-26-22-63)57-46(67)35-65-17-3-7-38(33-65)37-78-56-16-30-79-29-15-55-48(69)39-8-4-18-66(34-39)36-47(68)58-41-10-12-43(45(32-41)75-2)60-62-52(73)50(71)54-14-6-20-64-23-27-77-28-24-64/h3-4,7-12,17-18,31-35,56H,5-6,13-16,19-30,36-37H2,1-2H3,(H6-2,53,54,55,57,58,59,60,61,62,67,68,69,70,71,72,73)/p+3/b46-35+. The van der Waals surface area contributed by atoms with E-state index in [4.69, 9.17) is 23.8 Å². The highest BCUT2D eigenvalue weighted by Crippen LogP contribution is 2.30. The lowest BCUT2D eigenvalue weighted by Crippen LogP contribution is -2.75. The Labute approximate surface area is 461 Å². The predicted octanol–water partition coefficient (Wildman–Crippen LogP) is -0.661. The van der Waals surface area contributed by atoms with Gasteiger partial charge in [0.2, 0.25) is 12.7 Å². The first kappa shape index (κ1) is 60.4. The molecule has 2 saturated heterocycles. The summed E-state index contributed by atoms with van der Waals surface area (Å²) in [5.41, 5.74) is 10.7. The zero-order chi connectivity index (χ0) is 56.0. The van der Waals surface area contributed by atoms with Crippen LogP contribution in [0.25, 0.3) is 6.20 Å². The summed E-state index contributed by atoms with van der Waals surface area (Å²) in [4.78, 5) is 85.3. The number of nitrogens with one attached hydrogen (secondary N) is 9. The maximum absolute atomic E-state index is 13.0. The number of rotatable bonds is 29. The average molecular weight is 1120 g/mol. The highest BCUT2D eigenvalue weighted by Gasteiger charge is 2.21. The minimum atomic E-state index is -0.905. The molecule has 2 aliphatic heterocycles. The molecule has 4 heterocycles. The number of ether oxygens (including phenoxy) is 4. The summed E-state index contributed by atoms with van der Waals surface area (Å²) in [6, 6.07) is 16.6. The summed E-state index contributed by atoms with van der Waals surface area (Å²) in [6.07, 6.45) is 9.68. The molecule has 0 radical (unpaired) electrons. The summed E-state index contributed by atoms with van der Waals surface area (Å²) in [7, 11) is 2.86. The highest BCUT2D eigenvalue weighted by atomic mass is 32.2. The van der Waals surface area contributed by atoms with Crippen LogP contribution in [0.2, 0.25) is 0 Å². The zero-order valence-corrected chi connectivity index (χ0v) is 45.2. The number of methoxy groups -OCH3 is 2. The molecule has 79 heavy (non-hydrogen) atoms. The van der Waals surface area contributed by atoms with Gasteiger partial charge in [0.15, 0.2) is 36.2 Å². The van der Waals surface area contributed by atoms with Gasteiger partial charge in [0.25, 0.3) is 17.7 Å². The molecule has 0 spiro atoms. The Bertz CT molecular complexity index is 2720. The molecule has 0 saturated carbocycles. The molecule has 0 aliphatic carbocycles. The van der Waals surface area contributed by atoms with Crippen molar-refractivity contribution in [1.82, 2.24) is 36.7 Å². The van der Waals surface area contributed by atoms with Crippen LogP contribution >= 0.6 is 11.8 Å². The van der Waals surface area contributed by atoms with Gasteiger partial charge < -0.3 is 50.6 Å². The molecule has 6 rings (SSSR count). The van der Waals surface area contributed by atoms with Crippen LogP contribution in [-0.2, 0) is 51.4 Å². The first-order valence-electron chi connectivity index (χ1n) is 25.7. The third-order valence-electron chi connectivity index (χ3n) is 11.8. The smallest absolute Gasteiger partial charge is 0.494 e. The molecule has 27 heteroatoms. The summed E-state index contributed by atoms with van der Waals surface area (Å²) in [5, 5.41) is 30.8. The number of hydrazine groups is 1. The topological polar surface area (TPSA) is 306 Å². The lowest BCUT2D eigenvalue weighted by atomic mass is 10.2. The molecule has 10 N–H and O–H groups in total. The Kier molecular flexibility index (Phi) is 25.6. The number of anilines is 3. The summed E-state index contributed by atoms with van der Waals surface area (Å²) >= 11 is 1.63. The average Bonchev–Trinajstić information content (AvgIpc) is 3.46. The lowest BCUT2D eigenvalue weighted by Gasteiger charge is -2.26. The van der Waals surface area contributed by atoms with Gasteiger partial charge in [-0.15, -0.1) is 0 Å². The monoisotopic (exact) mass is 1120 g/mol. The van der Waals surface area contributed by atoms with Crippen LogP contribution < -0.4 is 66.6 Å². The molecule has 0 atom stereocenters. The zero-order valence-electron chi connectivity index (χ0n) is 44.4. The second-order valence-electron chi connectivity index (χ2n) is 17.7. The number of aliphatic hydroxyl groups is 1. The Morgan fingerprint density at radius 2 is 1.41 bits per heavy atom. The van der Waals surface area contributed by atoms with Crippen molar-refractivity contribution in [2.45, 2.75) is 26.0 Å². The fraction of sp³-hybridized carbons (Fsp3) is 0.423. The van der Waals surface area contributed by atoms with Gasteiger partial charge in [0.05, 0.1) is 52.9 Å². The van der Waals surface area contributed by atoms with E-state index >= 15 is 0 Å². The number of azo groups is 1. The molecule has 2 aromatic carbocycles. The van der Waals surface area contributed by atoms with E-state index in [1.165, 1.54) is 20.4 Å². The van der Waals surface area contributed by atoms with Gasteiger partial charge >= 0.3 is 23.6 Å². The van der Waals surface area contributed by atoms with Crippen molar-refractivity contribution >= 4 is 76.2 Å². The van der Waals surface area contributed by atoms with Gasteiger partial charge in [-0.3, -0.25) is 49.5 Å². The fourth-order valence-electron chi connectivity index (χ4n) is 7.79. The van der Waals surface area contributed by atoms with E-state index in [-0.39, 0.29) is 42.3 Å². The second-order valence-corrected chi connectivity index (χ2v) is 18.9. The summed E-state index contributed by atoms with van der Waals surface area (Å²) in [5.74, 6) is -2.19. The number of hydrogen-bond acceptors (Lipinski definition) is 19. The van der Waals surface area contributed by atoms with Crippen LogP contribution in [0.5, 0.6) is 11.5 Å². The normalized spacial score (nSPS) is 14.0. The Balaban J connectivity index is 0.819. The molecule has 0 bridgehead atoms. The second kappa shape index (κ2) is 33.5. The molecule has 6 amide bonds. The molecule has 26 nitrogen and oxygen atoms in total. The molecule has 2 aliphatic rings. The van der Waals surface area contributed by atoms with E-state index in [0.717, 1.165) is 44.8 Å². The van der Waals surface area contributed by atoms with Crippen molar-refractivity contribution in [2.75, 3.05) is 134 Å². The van der Waals surface area contributed by atoms with Crippen LogP contribution in [-0.4, -0.2) is 168 Å². The van der Waals surface area contributed by atoms with Gasteiger partial charge in [-0.1, -0.05) is 5.11 Å². The van der Waals surface area contributed by atoms with Crippen molar-refractivity contribution in [3.05, 3.63) is 102 Å². The molecule has 4 aromatic rings. The number of thioether (sulfide) groups is 1. The number of carbonyl (C=O) groups excluding carboxylic acids is 6. The lowest BCUT2D eigenvalue weighted by molar-refractivity contribution is -0.684. The number of amides is 6. The van der Waals surface area contributed by atoms with Gasteiger partial charge in [-0.05, 0) is 62.3 Å². The van der Waals surface area contributed by atoms with E-state index in [1.54, 1.807) is 94.2 Å². The fourth-order valence-corrected chi connectivity index (χ4v) is 8.47. The Morgan fingerprint density at radius 1 is 0.747 bits per heavy atom. The largest absolute Gasteiger partial charge is 0.499 e. The van der Waals surface area contributed by atoms with E-state index in [1.807, 2.05) is 12.1 Å². The van der Waals surface area contributed by atoms with Crippen molar-refractivity contribution in [3.63, 3.8) is 0 Å². The van der Waals surface area contributed by atoms with E-state index in [2.05, 4.69) is 62.9 Å². The number of aromatic nitrogens is 2. The maximum atomic E-state index is 13.0. The number of benzene rings is 2. The molecule has 424 valence electrons. The Morgan fingerprint density at radius 3 is 2.13 bits per heavy atom. The summed E-state index contributed by atoms with van der Waals surface area (Å²) < 4.78 is 24.8. The number of carbonyl (C=O) groups is 6. The van der Waals surface area contributed by atoms with Gasteiger partial charge in [0.1, 0.15) is 11.3 Å². The number of aliphatic hydroxyl groups excluding tert-OH is 1. The van der Waals surface area contributed by atoms with Crippen molar-refractivity contribution in [2.24, 2.45) is 5.11 Å². The van der Waals surface area contributed by atoms with Crippen LogP contribution in [0.15, 0.2) is 96.4 Å². The van der Waals surface area contributed by atoms with E-state index < -0.39 is 23.6 Å². The molecule has 2 fully saturated rings. The quantitative estimate of drug-likeness (QED) is 0.00806. The SMILES string of the molecule is COc1cc(N/C(O)=C\[n+]2cccc(CONCCSCCNC(=O)c3ccc[n+](CC(=O)Nc4ccc(NNC(=O)C(=O)NCCCN5CCOCC5)c(OC)c4)c3)c2)ccc1N=[NH+]C(=O)C(=O)NCCCN1CCOCC1. The van der Waals surface area contributed by atoms with Gasteiger partial charge in [-0.2, -0.15) is 20.9 Å². The predicted molar refractivity (Wildman–Crippen MR) is 290 cm³/mol. The van der Waals surface area contributed by atoms with Gasteiger partial charge in [0, 0.05) is 110 Å². The van der Waals surface area contributed by atoms with Crippen molar-refractivity contribution < 1.29 is 71.9 Å². The number of pyridine rings is 2. The number of hydroxylamine groups is 1. The van der Waals surface area contributed by atoms with E-state index in [9.17, 15) is 33.9 Å². The highest BCUT2D eigenvalue weighted by molar-refractivity contribution is 7.99.